The summed E-state index contributed by atoms with van der Waals surface area (Å²) in [4.78, 5) is 10.9. The van der Waals surface area contributed by atoms with Gasteiger partial charge in [-0.25, -0.2) is 13.2 Å². The molecule has 1 fully saturated rings. The summed E-state index contributed by atoms with van der Waals surface area (Å²) in [5.41, 5.74) is 0.803. The molecule has 1 aliphatic rings. The fourth-order valence-electron chi connectivity index (χ4n) is 2.49. The zero-order chi connectivity index (χ0) is 16.4. The van der Waals surface area contributed by atoms with E-state index >= 15 is 0 Å². The smallest absolute Gasteiger partial charge is 0.335 e. The van der Waals surface area contributed by atoms with E-state index in [1.807, 2.05) is 30.3 Å². The van der Waals surface area contributed by atoms with Crippen LogP contribution in [0, 0.1) is 0 Å². The van der Waals surface area contributed by atoms with Crippen molar-refractivity contribution in [3.05, 3.63) is 65.7 Å². The molecular formula is C16H15NO5S. The van der Waals surface area contributed by atoms with E-state index in [-0.39, 0.29) is 17.0 Å². The van der Waals surface area contributed by atoms with E-state index in [9.17, 15) is 13.2 Å². The normalized spacial score (nSPS) is 18.9. The molecule has 0 spiro atoms. The van der Waals surface area contributed by atoms with Gasteiger partial charge in [0, 0.05) is 6.54 Å². The van der Waals surface area contributed by atoms with Crippen molar-refractivity contribution in [1.82, 2.24) is 4.31 Å². The Bertz CT molecular complexity index is 802. The number of hydrogen-bond acceptors (Lipinski definition) is 4. The van der Waals surface area contributed by atoms with Gasteiger partial charge in [-0.3, -0.25) is 0 Å². The Morgan fingerprint density at radius 2 is 1.74 bits per heavy atom. The number of hydrogen-bond donors (Lipinski definition) is 1. The third-order valence-electron chi connectivity index (χ3n) is 3.64. The highest BCUT2D eigenvalue weighted by Gasteiger charge is 2.37. The van der Waals surface area contributed by atoms with Crippen molar-refractivity contribution in [1.29, 1.82) is 0 Å². The molecule has 7 heteroatoms. The van der Waals surface area contributed by atoms with Crippen molar-refractivity contribution >= 4 is 16.0 Å². The molecule has 1 aliphatic heterocycles. The van der Waals surface area contributed by atoms with Crippen molar-refractivity contribution in [2.45, 2.75) is 11.1 Å². The summed E-state index contributed by atoms with van der Waals surface area (Å²) < 4.78 is 32.5. The van der Waals surface area contributed by atoms with Crippen LogP contribution in [0.3, 0.4) is 0 Å². The van der Waals surface area contributed by atoms with Gasteiger partial charge in [0.1, 0.15) is 6.23 Å². The summed E-state index contributed by atoms with van der Waals surface area (Å²) in [6, 6.07) is 14.3. The van der Waals surface area contributed by atoms with Crippen molar-refractivity contribution in [3.8, 4) is 0 Å². The number of carboxylic acid groups (broad SMARTS) is 1. The molecule has 2 aromatic rings. The van der Waals surface area contributed by atoms with E-state index in [2.05, 4.69) is 0 Å². The topological polar surface area (TPSA) is 83.9 Å². The first-order valence-electron chi connectivity index (χ1n) is 7.02. The second kappa shape index (κ2) is 6.11. The monoisotopic (exact) mass is 333 g/mol. The minimum absolute atomic E-state index is 0.0428. The minimum Gasteiger partial charge on any atom is -0.478 e. The summed E-state index contributed by atoms with van der Waals surface area (Å²) in [7, 11) is -3.76. The van der Waals surface area contributed by atoms with Crippen LogP contribution in [0.2, 0.25) is 0 Å². The van der Waals surface area contributed by atoms with Crippen LogP contribution >= 0.6 is 0 Å². The van der Waals surface area contributed by atoms with Gasteiger partial charge in [-0.2, -0.15) is 4.31 Å². The molecule has 1 N–H and O–H groups in total. The Labute approximate surface area is 134 Å². The minimum atomic E-state index is -3.76. The molecule has 1 unspecified atom stereocenters. The van der Waals surface area contributed by atoms with Gasteiger partial charge >= 0.3 is 5.97 Å². The largest absolute Gasteiger partial charge is 0.478 e. The number of aromatic carboxylic acids is 1. The molecule has 0 radical (unpaired) electrons. The van der Waals surface area contributed by atoms with Gasteiger partial charge in [0.2, 0.25) is 10.0 Å². The Kier molecular flexibility index (Phi) is 4.16. The number of sulfonamides is 1. The number of carbonyl (C=O) groups is 1. The van der Waals surface area contributed by atoms with Crippen molar-refractivity contribution in [2.24, 2.45) is 0 Å². The molecule has 1 saturated heterocycles. The quantitative estimate of drug-likeness (QED) is 0.926. The first-order valence-corrected chi connectivity index (χ1v) is 8.46. The number of rotatable bonds is 4. The average Bonchev–Trinajstić information content (AvgIpc) is 3.06. The number of carboxylic acids is 1. The van der Waals surface area contributed by atoms with Crippen LogP contribution in [-0.4, -0.2) is 37.0 Å². The highest BCUT2D eigenvalue weighted by molar-refractivity contribution is 7.89. The molecule has 1 heterocycles. The standard InChI is InChI=1S/C16H15NO5S/c18-16(19)13-6-8-14(9-7-13)23(20,21)17-10-11-22-15(17)12-4-2-1-3-5-12/h1-9,15H,10-11H2,(H,18,19). The van der Waals surface area contributed by atoms with Gasteiger partial charge in [0.05, 0.1) is 17.1 Å². The maximum Gasteiger partial charge on any atom is 0.335 e. The number of nitrogens with zero attached hydrogens (tertiary/aromatic N) is 1. The van der Waals surface area contributed by atoms with Crippen LogP contribution in [0.4, 0.5) is 0 Å². The molecule has 0 bridgehead atoms. The third kappa shape index (κ3) is 2.98. The molecule has 3 rings (SSSR count). The molecule has 0 amide bonds. The van der Waals surface area contributed by atoms with Crippen LogP contribution in [0.5, 0.6) is 0 Å². The predicted octanol–water partition coefficient (Wildman–Crippen LogP) is 2.10. The van der Waals surface area contributed by atoms with Crippen LogP contribution in [0.25, 0.3) is 0 Å². The molecule has 0 aromatic heterocycles. The Morgan fingerprint density at radius 1 is 1.09 bits per heavy atom. The zero-order valence-electron chi connectivity index (χ0n) is 12.1. The Hall–Kier alpha value is -2.22. The highest BCUT2D eigenvalue weighted by atomic mass is 32.2. The summed E-state index contributed by atoms with van der Waals surface area (Å²) in [6.45, 7) is 0.564. The van der Waals surface area contributed by atoms with E-state index < -0.39 is 22.2 Å². The lowest BCUT2D eigenvalue weighted by Crippen LogP contribution is -2.31. The lowest BCUT2D eigenvalue weighted by atomic mass is 10.2. The second-order valence-electron chi connectivity index (χ2n) is 5.08. The van der Waals surface area contributed by atoms with E-state index in [0.29, 0.717) is 6.61 Å². The van der Waals surface area contributed by atoms with E-state index in [4.69, 9.17) is 9.84 Å². The van der Waals surface area contributed by atoms with Gasteiger partial charge in [0.25, 0.3) is 0 Å². The average molecular weight is 333 g/mol. The summed E-state index contributed by atoms with van der Waals surface area (Å²) in [5.74, 6) is -1.10. The molecule has 2 aromatic carbocycles. The molecule has 6 nitrogen and oxygen atoms in total. The Morgan fingerprint density at radius 3 is 2.35 bits per heavy atom. The highest BCUT2D eigenvalue weighted by Crippen LogP contribution is 2.32. The first kappa shape index (κ1) is 15.7. The lowest BCUT2D eigenvalue weighted by molar-refractivity contribution is 0.0680. The van der Waals surface area contributed by atoms with Gasteiger partial charge in [-0.15, -0.1) is 0 Å². The Balaban J connectivity index is 1.93. The summed E-state index contributed by atoms with van der Waals surface area (Å²) >= 11 is 0. The maximum atomic E-state index is 12.8. The fourth-order valence-corrected chi connectivity index (χ4v) is 3.99. The second-order valence-corrected chi connectivity index (χ2v) is 6.97. The van der Waals surface area contributed by atoms with Crippen LogP contribution in [-0.2, 0) is 14.8 Å². The van der Waals surface area contributed by atoms with Crippen LogP contribution < -0.4 is 0 Å². The van der Waals surface area contributed by atoms with Gasteiger partial charge in [-0.1, -0.05) is 30.3 Å². The van der Waals surface area contributed by atoms with Crippen molar-refractivity contribution in [2.75, 3.05) is 13.2 Å². The van der Waals surface area contributed by atoms with Crippen LogP contribution in [0.1, 0.15) is 22.1 Å². The van der Waals surface area contributed by atoms with E-state index in [1.165, 1.54) is 28.6 Å². The SMILES string of the molecule is O=C(O)c1ccc(S(=O)(=O)N2CCOC2c2ccccc2)cc1. The van der Waals surface area contributed by atoms with E-state index in [0.717, 1.165) is 5.56 Å². The van der Waals surface area contributed by atoms with Crippen molar-refractivity contribution in [3.63, 3.8) is 0 Å². The molecule has 23 heavy (non-hydrogen) atoms. The molecular weight excluding hydrogens is 318 g/mol. The molecule has 120 valence electrons. The third-order valence-corrected chi connectivity index (χ3v) is 5.50. The van der Waals surface area contributed by atoms with Gasteiger partial charge in [-0.05, 0) is 29.8 Å². The van der Waals surface area contributed by atoms with Crippen molar-refractivity contribution < 1.29 is 23.1 Å². The molecule has 1 atom stereocenters. The van der Waals surface area contributed by atoms with Crippen LogP contribution in [0.15, 0.2) is 59.5 Å². The fraction of sp³-hybridized carbons (Fsp3) is 0.188. The zero-order valence-corrected chi connectivity index (χ0v) is 12.9. The maximum absolute atomic E-state index is 12.8. The van der Waals surface area contributed by atoms with Gasteiger partial charge in [0.15, 0.2) is 0 Å². The van der Waals surface area contributed by atoms with E-state index in [1.54, 1.807) is 0 Å². The molecule has 0 aliphatic carbocycles. The number of benzene rings is 2. The summed E-state index contributed by atoms with van der Waals surface area (Å²) in [5, 5.41) is 8.90. The summed E-state index contributed by atoms with van der Waals surface area (Å²) in [6.07, 6.45) is -0.666. The molecule has 0 saturated carbocycles. The predicted molar refractivity (Wildman–Crippen MR) is 82.4 cm³/mol. The lowest BCUT2D eigenvalue weighted by Gasteiger charge is -2.23. The first-order chi connectivity index (χ1) is 11.0. The van der Waals surface area contributed by atoms with Gasteiger partial charge < -0.3 is 9.84 Å². The number of ether oxygens (including phenoxy) is 1.